The molecule has 2 aromatic carbocycles. The summed E-state index contributed by atoms with van der Waals surface area (Å²) in [6.07, 6.45) is 8.16. The molecule has 1 unspecified atom stereocenters. The molecule has 3 rings (SSSR count). The van der Waals surface area contributed by atoms with Crippen LogP contribution in [0.2, 0.25) is 0 Å². The van der Waals surface area contributed by atoms with Crippen molar-refractivity contribution in [2.45, 2.75) is 64.0 Å². The lowest BCUT2D eigenvalue weighted by molar-refractivity contribution is 0.441. The Labute approximate surface area is 162 Å². The Morgan fingerprint density at radius 2 is 1.74 bits per heavy atom. The smallest absolute Gasteiger partial charge is 0.196 e. The zero-order valence-electron chi connectivity index (χ0n) is 16.2. The number of anilines is 1. The van der Waals surface area contributed by atoms with E-state index in [-0.39, 0.29) is 11.8 Å². The minimum atomic E-state index is 0.243. The summed E-state index contributed by atoms with van der Waals surface area (Å²) in [5, 5.41) is 17.0. The molecule has 1 saturated carbocycles. The minimum absolute atomic E-state index is 0.243. The summed E-state index contributed by atoms with van der Waals surface area (Å²) >= 11 is 0. The van der Waals surface area contributed by atoms with Gasteiger partial charge in [0.25, 0.3) is 0 Å². The number of para-hydroxylation sites is 2. The van der Waals surface area contributed by atoms with E-state index in [2.05, 4.69) is 47.9 Å². The van der Waals surface area contributed by atoms with Crippen molar-refractivity contribution in [3.05, 3.63) is 60.2 Å². The van der Waals surface area contributed by atoms with Crippen molar-refractivity contribution in [2.75, 3.05) is 5.32 Å². The Morgan fingerprint density at radius 1 is 1.04 bits per heavy atom. The van der Waals surface area contributed by atoms with Crippen LogP contribution in [-0.4, -0.2) is 23.1 Å². The van der Waals surface area contributed by atoms with Crippen LogP contribution in [0.25, 0.3) is 0 Å². The van der Waals surface area contributed by atoms with Gasteiger partial charge in [0.05, 0.1) is 11.7 Å². The summed E-state index contributed by atoms with van der Waals surface area (Å²) in [7, 11) is 0. The maximum Gasteiger partial charge on any atom is 0.196 e. The van der Waals surface area contributed by atoms with Crippen molar-refractivity contribution in [3.8, 4) is 5.75 Å². The Morgan fingerprint density at radius 3 is 2.48 bits per heavy atom. The summed E-state index contributed by atoms with van der Waals surface area (Å²) in [6.45, 7) is 2.19. The SMILES string of the molecule is CC(CCc1ccccc1)NC(=NC1CCCCC1)Nc1ccccc1O. The summed E-state index contributed by atoms with van der Waals surface area (Å²) in [4.78, 5) is 4.95. The predicted molar refractivity (Wildman–Crippen MR) is 113 cm³/mol. The second-order valence-corrected chi connectivity index (χ2v) is 7.48. The fraction of sp³-hybridized carbons (Fsp3) is 0.435. The van der Waals surface area contributed by atoms with E-state index < -0.39 is 0 Å². The largest absolute Gasteiger partial charge is 0.506 e. The van der Waals surface area contributed by atoms with Gasteiger partial charge in [0.15, 0.2) is 5.96 Å². The fourth-order valence-electron chi connectivity index (χ4n) is 3.54. The van der Waals surface area contributed by atoms with E-state index in [1.54, 1.807) is 6.07 Å². The van der Waals surface area contributed by atoms with Gasteiger partial charge in [-0.2, -0.15) is 0 Å². The maximum absolute atomic E-state index is 10.1. The highest BCUT2D eigenvalue weighted by Crippen LogP contribution is 2.23. The van der Waals surface area contributed by atoms with Gasteiger partial charge in [0, 0.05) is 6.04 Å². The molecule has 27 heavy (non-hydrogen) atoms. The Hall–Kier alpha value is -2.49. The first-order valence-corrected chi connectivity index (χ1v) is 10.1. The number of aryl methyl sites for hydroxylation is 1. The molecule has 1 aliphatic rings. The first-order chi connectivity index (χ1) is 13.2. The zero-order chi connectivity index (χ0) is 18.9. The molecule has 1 fully saturated rings. The van der Waals surface area contributed by atoms with Crippen LogP contribution in [0.3, 0.4) is 0 Å². The zero-order valence-corrected chi connectivity index (χ0v) is 16.2. The van der Waals surface area contributed by atoms with E-state index in [9.17, 15) is 5.11 Å². The number of nitrogens with zero attached hydrogens (tertiary/aromatic N) is 1. The lowest BCUT2D eigenvalue weighted by atomic mass is 9.96. The molecule has 1 aliphatic carbocycles. The lowest BCUT2D eigenvalue weighted by Crippen LogP contribution is -2.39. The second-order valence-electron chi connectivity index (χ2n) is 7.48. The summed E-state index contributed by atoms with van der Waals surface area (Å²) < 4.78 is 0. The minimum Gasteiger partial charge on any atom is -0.506 e. The molecule has 0 saturated heterocycles. The molecule has 0 aromatic heterocycles. The normalized spacial score (nSPS) is 16.7. The van der Waals surface area contributed by atoms with Crippen LogP contribution >= 0.6 is 0 Å². The van der Waals surface area contributed by atoms with Gasteiger partial charge in [-0.15, -0.1) is 0 Å². The Kier molecular flexibility index (Phi) is 7.14. The van der Waals surface area contributed by atoms with Crippen LogP contribution in [0, 0.1) is 0 Å². The van der Waals surface area contributed by atoms with Gasteiger partial charge in [-0.25, -0.2) is 4.99 Å². The van der Waals surface area contributed by atoms with E-state index in [0.717, 1.165) is 31.6 Å². The topological polar surface area (TPSA) is 56.7 Å². The van der Waals surface area contributed by atoms with E-state index in [4.69, 9.17) is 4.99 Å². The quantitative estimate of drug-likeness (QED) is 0.379. The number of nitrogens with one attached hydrogen (secondary N) is 2. The molecule has 4 nitrogen and oxygen atoms in total. The fourth-order valence-corrected chi connectivity index (χ4v) is 3.54. The molecule has 2 aromatic rings. The van der Waals surface area contributed by atoms with Crippen LogP contribution < -0.4 is 10.6 Å². The second kappa shape index (κ2) is 10.0. The Bertz CT molecular complexity index is 723. The maximum atomic E-state index is 10.1. The third-order valence-electron chi connectivity index (χ3n) is 5.14. The first-order valence-electron chi connectivity index (χ1n) is 10.1. The Balaban J connectivity index is 1.65. The standard InChI is InChI=1S/C23H31N3O/c1-18(16-17-19-10-4-2-5-11-19)24-23(25-20-12-6-3-7-13-20)26-21-14-8-9-15-22(21)27/h2,4-5,8-11,14-15,18,20,27H,3,6-7,12-13,16-17H2,1H3,(H2,24,25,26). The van der Waals surface area contributed by atoms with Gasteiger partial charge < -0.3 is 15.7 Å². The van der Waals surface area contributed by atoms with Crippen LogP contribution in [0.1, 0.15) is 51.0 Å². The lowest BCUT2D eigenvalue weighted by Gasteiger charge is -2.23. The number of hydrogen-bond donors (Lipinski definition) is 3. The van der Waals surface area contributed by atoms with Crippen molar-refractivity contribution in [3.63, 3.8) is 0 Å². The van der Waals surface area contributed by atoms with Crippen LogP contribution in [0.15, 0.2) is 59.6 Å². The molecular formula is C23H31N3O. The number of benzene rings is 2. The van der Waals surface area contributed by atoms with Crippen molar-refractivity contribution in [1.29, 1.82) is 0 Å². The molecule has 4 heteroatoms. The van der Waals surface area contributed by atoms with Crippen molar-refractivity contribution < 1.29 is 5.11 Å². The van der Waals surface area contributed by atoms with E-state index in [1.807, 2.05) is 18.2 Å². The molecular weight excluding hydrogens is 334 g/mol. The number of phenols is 1. The van der Waals surface area contributed by atoms with Gasteiger partial charge in [0.2, 0.25) is 0 Å². The third kappa shape index (κ3) is 6.31. The number of hydrogen-bond acceptors (Lipinski definition) is 2. The molecule has 3 N–H and O–H groups in total. The van der Waals surface area contributed by atoms with E-state index >= 15 is 0 Å². The average molecular weight is 366 g/mol. The number of guanidine groups is 1. The molecule has 0 bridgehead atoms. The van der Waals surface area contributed by atoms with Gasteiger partial charge in [0.1, 0.15) is 5.75 Å². The van der Waals surface area contributed by atoms with Crippen molar-refractivity contribution in [1.82, 2.24) is 5.32 Å². The third-order valence-corrected chi connectivity index (χ3v) is 5.14. The first kappa shape index (κ1) is 19.3. The number of aliphatic imine (C=N–C) groups is 1. The highest BCUT2D eigenvalue weighted by Gasteiger charge is 2.15. The number of rotatable bonds is 6. The molecule has 1 atom stereocenters. The summed E-state index contributed by atoms with van der Waals surface area (Å²) in [6, 6.07) is 18.5. The molecule has 0 aliphatic heterocycles. The highest BCUT2D eigenvalue weighted by molar-refractivity contribution is 5.95. The van der Waals surface area contributed by atoms with Gasteiger partial charge in [-0.3, -0.25) is 0 Å². The average Bonchev–Trinajstić information content (AvgIpc) is 2.70. The van der Waals surface area contributed by atoms with Crippen LogP contribution in [0.4, 0.5) is 5.69 Å². The van der Waals surface area contributed by atoms with Crippen molar-refractivity contribution in [2.24, 2.45) is 4.99 Å². The van der Waals surface area contributed by atoms with Crippen LogP contribution in [-0.2, 0) is 6.42 Å². The summed E-state index contributed by atoms with van der Waals surface area (Å²) in [5.74, 6) is 1.01. The van der Waals surface area contributed by atoms with Crippen LogP contribution in [0.5, 0.6) is 5.75 Å². The highest BCUT2D eigenvalue weighted by atomic mass is 16.3. The van der Waals surface area contributed by atoms with Gasteiger partial charge in [-0.05, 0) is 50.3 Å². The molecule has 144 valence electrons. The van der Waals surface area contributed by atoms with E-state index in [0.29, 0.717) is 11.7 Å². The van der Waals surface area contributed by atoms with Gasteiger partial charge >= 0.3 is 0 Å². The van der Waals surface area contributed by atoms with Gasteiger partial charge in [-0.1, -0.05) is 61.7 Å². The van der Waals surface area contributed by atoms with E-state index in [1.165, 1.54) is 24.8 Å². The molecule has 0 spiro atoms. The predicted octanol–water partition coefficient (Wildman–Crippen LogP) is 5.10. The monoisotopic (exact) mass is 365 g/mol. The molecule has 0 amide bonds. The number of aromatic hydroxyl groups is 1. The summed E-state index contributed by atoms with van der Waals surface area (Å²) in [5.41, 5.74) is 2.04. The molecule has 0 heterocycles. The number of phenolic OH excluding ortho intramolecular Hbond substituents is 1. The molecule has 0 radical (unpaired) electrons. The van der Waals surface area contributed by atoms with Crippen molar-refractivity contribution >= 4 is 11.6 Å².